The zero-order valence-corrected chi connectivity index (χ0v) is 10.9. The van der Waals surface area contributed by atoms with Crippen molar-refractivity contribution in [3.05, 3.63) is 41.5 Å². The molecule has 0 bridgehead atoms. The van der Waals surface area contributed by atoms with E-state index in [0.717, 1.165) is 12.8 Å². The van der Waals surface area contributed by atoms with Crippen LogP contribution < -0.4 is 0 Å². The highest BCUT2D eigenvalue weighted by atomic mass is 14.0. The molecular weight excluding hydrogens is 180 g/mol. The summed E-state index contributed by atoms with van der Waals surface area (Å²) in [6.45, 7) is 14.5. The van der Waals surface area contributed by atoms with E-state index < -0.39 is 0 Å². The van der Waals surface area contributed by atoms with Crippen molar-refractivity contribution < 1.29 is 0 Å². The molecule has 0 heteroatoms. The van der Waals surface area contributed by atoms with E-state index in [9.17, 15) is 0 Å². The van der Waals surface area contributed by atoms with E-state index in [4.69, 9.17) is 0 Å². The monoisotopic (exact) mass is 204 g/mol. The molecule has 1 aromatic carbocycles. The predicted molar refractivity (Wildman–Crippen MR) is 71.2 cm³/mol. The van der Waals surface area contributed by atoms with Crippen molar-refractivity contribution >= 4 is 5.57 Å². The number of benzene rings is 1. The van der Waals surface area contributed by atoms with Gasteiger partial charge in [-0.25, -0.2) is 0 Å². The minimum absolute atomic E-state index is 1.03. The second-order valence-electron chi connectivity index (χ2n) is 3.52. The lowest BCUT2D eigenvalue weighted by Crippen LogP contribution is -1.88. The summed E-state index contributed by atoms with van der Waals surface area (Å²) in [6.07, 6.45) is 2.14. The number of hydrogen-bond donors (Lipinski definition) is 0. The van der Waals surface area contributed by atoms with Crippen LogP contribution in [0.2, 0.25) is 0 Å². The van der Waals surface area contributed by atoms with Gasteiger partial charge in [-0.05, 0) is 36.5 Å². The molecular formula is C15H24. The van der Waals surface area contributed by atoms with Crippen molar-refractivity contribution in [1.29, 1.82) is 0 Å². The Morgan fingerprint density at radius 2 is 1.73 bits per heavy atom. The van der Waals surface area contributed by atoms with Crippen molar-refractivity contribution in [3.8, 4) is 0 Å². The average molecular weight is 204 g/mol. The molecule has 84 valence electrons. The minimum atomic E-state index is 1.03. The van der Waals surface area contributed by atoms with Crippen LogP contribution in [0.3, 0.4) is 0 Å². The van der Waals surface area contributed by atoms with Crippen molar-refractivity contribution in [2.45, 2.75) is 47.5 Å². The van der Waals surface area contributed by atoms with Gasteiger partial charge in [0, 0.05) is 0 Å². The lowest BCUT2D eigenvalue weighted by Gasteiger charge is -2.07. The number of hydrogen-bond acceptors (Lipinski definition) is 0. The summed E-state index contributed by atoms with van der Waals surface area (Å²) in [4.78, 5) is 0. The predicted octanol–water partition coefficient (Wildman–Crippen LogP) is 5.01. The summed E-state index contributed by atoms with van der Waals surface area (Å²) in [6, 6.07) is 6.70. The summed E-state index contributed by atoms with van der Waals surface area (Å²) in [5.41, 5.74) is 5.28. The van der Waals surface area contributed by atoms with E-state index in [0.29, 0.717) is 0 Å². The average Bonchev–Trinajstić information content (AvgIpc) is 2.29. The largest absolute Gasteiger partial charge is 0.0952 e. The molecule has 0 unspecified atom stereocenters. The second-order valence-corrected chi connectivity index (χ2v) is 3.52. The molecule has 0 nitrogen and oxygen atoms in total. The summed E-state index contributed by atoms with van der Waals surface area (Å²) in [5, 5.41) is 0. The highest BCUT2D eigenvalue weighted by Crippen LogP contribution is 2.19. The molecule has 1 rings (SSSR count). The maximum atomic E-state index is 4.06. The lowest BCUT2D eigenvalue weighted by atomic mass is 9.99. The maximum absolute atomic E-state index is 4.06. The first kappa shape index (κ1) is 14.0. The lowest BCUT2D eigenvalue weighted by molar-refractivity contribution is 1.12. The van der Waals surface area contributed by atoms with Gasteiger partial charge in [0.05, 0.1) is 0 Å². The molecule has 0 amide bonds. The van der Waals surface area contributed by atoms with Crippen LogP contribution in [0.4, 0.5) is 0 Å². The third-order valence-electron chi connectivity index (χ3n) is 2.38. The van der Waals surface area contributed by atoms with Crippen molar-refractivity contribution in [2.24, 2.45) is 0 Å². The summed E-state index contributed by atoms with van der Waals surface area (Å²) in [5.74, 6) is 0. The van der Waals surface area contributed by atoms with Crippen LogP contribution >= 0.6 is 0 Å². The first-order chi connectivity index (χ1) is 7.17. The van der Waals surface area contributed by atoms with Gasteiger partial charge in [-0.15, -0.1) is 0 Å². The first-order valence-corrected chi connectivity index (χ1v) is 5.96. The van der Waals surface area contributed by atoms with Gasteiger partial charge >= 0.3 is 0 Å². The topological polar surface area (TPSA) is 0 Å². The Morgan fingerprint density at radius 1 is 1.13 bits per heavy atom. The molecule has 0 heterocycles. The van der Waals surface area contributed by atoms with Crippen molar-refractivity contribution in [1.82, 2.24) is 0 Å². The van der Waals surface area contributed by atoms with Gasteiger partial charge in [-0.3, -0.25) is 0 Å². The standard InChI is InChI=1S/C13H18.C2H6/c1-5-11(4)13-8-10(3)7-12(6-2)9-13;1-2/h7-9H,4-6H2,1-3H3;1-2H3. The Labute approximate surface area is 95.0 Å². The van der Waals surface area contributed by atoms with E-state index in [2.05, 4.69) is 45.5 Å². The third kappa shape index (κ3) is 4.33. The molecule has 0 atom stereocenters. The Morgan fingerprint density at radius 3 is 2.20 bits per heavy atom. The molecule has 15 heavy (non-hydrogen) atoms. The number of rotatable bonds is 3. The molecule has 1 aromatic rings. The van der Waals surface area contributed by atoms with Gasteiger partial charge in [0.25, 0.3) is 0 Å². The van der Waals surface area contributed by atoms with Crippen LogP contribution in [0.15, 0.2) is 24.8 Å². The van der Waals surface area contributed by atoms with E-state index in [1.165, 1.54) is 22.3 Å². The fraction of sp³-hybridized carbons (Fsp3) is 0.467. The van der Waals surface area contributed by atoms with Crippen LogP contribution in [0.25, 0.3) is 5.57 Å². The Kier molecular flexibility index (Phi) is 6.77. The molecule has 0 N–H and O–H groups in total. The SMILES string of the molecule is C=C(CC)c1cc(C)cc(CC)c1.CC. The van der Waals surface area contributed by atoms with Crippen LogP contribution in [-0.4, -0.2) is 0 Å². The number of allylic oxidation sites excluding steroid dienone is 1. The van der Waals surface area contributed by atoms with E-state index in [1.807, 2.05) is 13.8 Å². The Hall–Kier alpha value is -1.04. The van der Waals surface area contributed by atoms with Gasteiger partial charge < -0.3 is 0 Å². The minimum Gasteiger partial charge on any atom is -0.0952 e. The highest BCUT2D eigenvalue weighted by molar-refractivity contribution is 5.64. The van der Waals surface area contributed by atoms with Gasteiger partial charge in [-0.1, -0.05) is 58.0 Å². The highest BCUT2D eigenvalue weighted by Gasteiger charge is 1.99. The van der Waals surface area contributed by atoms with Crippen LogP contribution in [0.5, 0.6) is 0 Å². The zero-order valence-electron chi connectivity index (χ0n) is 10.9. The molecule has 0 spiro atoms. The quantitative estimate of drug-likeness (QED) is 0.649. The van der Waals surface area contributed by atoms with Gasteiger partial charge in [-0.2, -0.15) is 0 Å². The molecule has 0 aliphatic rings. The Bertz CT molecular complexity index is 308. The van der Waals surface area contributed by atoms with E-state index in [-0.39, 0.29) is 0 Å². The molecule has 0 saturated heterocycles. The van der Waals surface area contributed by atoms with Crippen LogP contribution in [-0.2, 0) is 6.42 Å². The van der Waals surface area contributed by atoms with Crippen molar-refractivity contribution in [2.75, 3.05) is 0 Å². The molecule has 0 aromatic heterocycles. The first-order valence-electron chi connectivity index (χ1n) is 5.96. The van der Waals surface area contributed by atoms with Crippen molar-refractivity contribution in [3.63, 3.8) is 0 Å². The number of aryl methyl sites for hydroxylation is 2. The van der Waals surface area contributed by atoms with E-state index in [1.54, 1.807) is 0 Å². The molecule has 0 saturated carbocycles. The molecule has 0 aliphatic carbocycles. The fourth-order valence-corrected chi connectivity index (χ4v) is 1.47. The molecule has 0 radical (unpaired) electrons. The summed E-state index contributed by atoms with van der Waals surface area (Å²) in [7, 11) is 0. The fourth-order valence-electron chi connectivity index (χ4n) is 1.47. The smallest absolute Gasteiger partial charge is 0.0225 e. The van der Waals surface area contributed by atoms with Crippen LogP contribution in [0, 0.1) is 6.92 Å². The molecule has 0 aliphatic heterocycles. The summed E-state index contributed by atoms with van der Waals surface area (Å²) < 4.78 is 0. The third-order valence-corrected chi connectivity index (χ3v) is 2.38. The van der Waals surface area contributed by atoms with Gasteiger partial charge in [0.2, 0.25) is 0 Å². The van der Waals surface area contributed by atoms with Crippen LogP contribution in [0.1, 0.15) is 50.8 Å². The Balaban J connectivity index is 0.000000921. The van der Waals surface area contributed by atoms with E-state index >= 15 is 0 Å². The second kappa shape index (κ2) is 7.28. The van der Waals surface area contributed by atoms with Gasteiger partial charge in [0.1, 0.15) is 0 Å². The zero-order chi connectivity index (χ0) is 11.8. The normalized spacial score (nSPS) is 9.13. The maximum Gasteiger partial charge on any atom is -0.0225 e. The molecule has 0 fully saturated rings. The van der Waals surface area contributed by atoms with Gasteiger partial charge in [0.15, 0.2) is 0 Å². The summed E-state index contributed by atoms with van der Waals surface area (Å²) >= 11 is 0.